The quantitative estimate of drug-likeness (QED) is 0.664. The highest BCUT2D eigenvalue weighted by atomic mass is 16.3. The molecule has 72 valence electrons. The molecule has 0 aliphatic heterocycles. The lowest BCUT2D eigenvalue weighted by Gasteiger charge is -2.36. The van der Waals surface area contributed by atoms with E-state index >= 15 is 0 Å². The molecule has 1 aliphatic rings. The fraction of sp³-hybridized carbons (Fsp3) is 1.00. The maximum atomic E-state index is 9.99. The van der Waals surface area contributed by atoms with Gasteiger partial charge in [-0.05, 0) is 44.9 Å². The minimum Gasteiger partial charge on any atom is -0.390 e. The molecule has 0 aromatic carbocycles. The summed E-state index contributed by atoms with van der Waals surface area (Å²) in [4.78, 5) is 0. The predicted octanol–water partition coefficient (Wildman–Crippen LogP) is 1.66. The highest BCUT2D eigenvalue weighted by Crippen LogP contribution is 2.33. The molecule has 2 heteroatoms. The third-order valence-corrected chi connectivity index (χ3v) is 3.37. The van der Waals surface area contributed by atoms with Crippen LogP contribution in [0.4, 0.5) is 0 Å². The van der Waals surface area contributed by atoms with Crippen molar-refractivity contribution in [2.24, 2.45) is 11.7 Å². The Bertz CT molecular complexity index is 137. The Kier molecular flexibility index (Phi) is 3.13. The molecule has 1 rings (SSSR count). The molecule has 0 heterocycles. The predicted molar refractivity (Wildman–Crippen MR) is 50.8 cm³/mol. The molecule has 0 bridgehead atoms. The molecule has 1 saturated carbocycles. The van der Waals surface area contributed by atoms with Crippen LogP contribution in [0.2, 0.25) is 0 Å². The number of aliphatic hydroxyl groups is 1. The van der Waals surface area contributed by atoms with Crippen molar-refractivity contribution in [1.82, 2.24) is 0 Å². The van der Waals surface area contributed by atoms with Gasteiger partial charge in [-0.2, -0.15) is 0 Å². The van der Waals surface area contributed by atoms with Crippen molar-refractivity contribution in [2.75, 3.05) is 0 Å². The maximum absolute atomic E-state index is 9.99. The summed E-state index contributed by atoms with van der Waals surface area (Å²) >= 11 is 0. The van der Waals surface area contributed by atoms with E-state index in [1.165, 1.54) is 0 Å². The van der Waals surface area contributed by atoms with E-state index in [1.807, 2.05) is 6.92 Å². The zero-order valence-corrected chi connectivity index (χ0v) is 8.21. The van der Waals surface area contributed by atoms with Gasteiger partial charge in [0.2, 0.25) is 0 Å². The van der Waals surface area contributed by atoms with Crippen LogP contribution in [0.25, 0.3) is 0 Å². The van der Waals surface area contributed by atoms with Gasteiger partial charge >= 0.3 is 0 Å². The van der Waals surface area contributed by atoms with Crippen LogP contribution < -0.4 is 5.73 Å². The summed E-state index contributed by atoms with van der Waals surface area (Å²) in [5.74, 6) is 0.474. The summed E-state index contributed by atoms with van der Waals surface area (Å²) in [5, 5.41) is 9.99. The van der Waals surface area contributed by atoms with Crippen molar-refractivity contribution >= 4 is 0 Å². The number of hydrogen-bond donors (Lipinski definition) is 2. The lowest BCUT2D eigenvalue weighted by molar-refractivity contribution is -0.0212. The lowest BCUT2D eigenvalue weighted by Crippen LogP contribution is -2.39. The molecule has 0 radical (unpaired) electrons. The van der Waals surface area contributed by atoms with Gasteiger partial charge in [0.25, 0.3) is 0 Å². The fourth-order valence-electron chi connectivity index (χ4n) is 2.03. The second-order valence-electron chi connectivity index (χ2n) is 4.32. The van der Waals surface area contributed by atoms with Crippen molar-refractivity contribution in [3.63, 3.8) is 0 Å². The molecule has 0 spiro atoms. The summed E-state index contributed by atoms with van der Waals surface area (Å²) in [6, 6.07) is 0.383. The van der Waals surface area contributed by atoms with Crippen LogP contribution in [0, 0.1) is 5.92 Å². The molecule has 12 heavy (non-hydrogen) atoms. The minimum absolute atomic E-state index is 0.383. The van der Waals surface area contributed by atoms with Crippen LogP contribution in [0.5, 0.6) is 0 Å². The van der Waals surface area contributed by atoms with Crippen LogP contribution in [0.15, 0.2) is 0 Å². The Hall–Kier alpha value is -0.0800. The number of rotatable bonds is 2. The molecule has 0 aromatic rings. The summed E-state index contributed by atoms with van der Waals surface area (Å²) in [6.45, 7) is 4.00. The standard InChI is InChI=1S/C10H21NO/c1-3-10(2,12)8-4-6-9(11)7-5-8/h8-9,12H,3-7,11H2,1-2H3. The van der Waals surface area contributed by atoms with E-state index in [4.69, 9.17) is 5.73 Å². The Morgan fingerprint density at radius 1 is 1.33 bits per heavy atom. The van der Waals surface area contributed by atoms with Gasteiger partial charge in [0.1, 0.15) is 0 Å². The largest absolute Gasteiger partial charge is 0.390 e. The smallest absolute Gasteiger partial charge is 0.0645 e. The first-order valence-corrected chi connectivity index (χ1v) is 5.04. The molecule has 1 unspecified atom stereocenters. The van der Waals surface area contributed by atoms with Gasteiger partial charge < -0.3 is 10.8 Å². The third kappa shape index (κ3) is 2.20. The van der Waals surface area contributed by atoms with E-state index in [2.05, 4.69) is 6.92 Å². The molecule has 2 nitrogen and oxygen atoms in total. The first-order valence-electron chi connectivity index (χ1n) is 5.04. The Morgan fingerprint density at radius 3 is 2.25 bits per heavy atom. The first-order chi connectivity index (χ1) is 5.56. The average Bonchev–Trinajstić information content (AvgIpc) is 2.05. The van der Waals surface area contributed by atoms with Crippen molar-refractivity contribution in [3.8, 4) is 0 Å². The zero-order chi connectivity index (χ0) is 9.19. The van der Waals surface area contributed by atoms with Crippen molar-refractivity contribution < 1.29 is 5.11 Å². The molecule has 0 aromatic heterocycles. The first kappa shape index (κ1) is 10.0. The molecule has 0 saturated heterocycles. The van der Waals surface area contributed by atoms with Gasteiger partial charge in [0, 0.05) is 6.04 Å². The van der Waals surface area contributed by atoms with Gasteiger partial charge in [-0.25, -0.2) is 0 Å². The highest BCUT2D eigenvalue weighted by molar-refractivity contribution is 4.85. The summed E-state index contributed by atoms with van der Waals surface area (Å²) < 4.78 is 0. The molecular weight excluding hydrogens is 150 g/mol. The van der Waals surface area contributed by atoms with Crippen LogP contribution in [-0.2, 0) is 0 Å². The van der Waals surface area contributed by atoms with Gasteiger partial charge in [-0.3, -0.25) is 0 Å². The molecule has 3 N–H and O–H groups in total. The molecular formula is C10H21NO. The van der Waals surface area contributed by atoms with Crippen LogP contribution >= 0.6 is 0 Å². The van der Waals surface area contributed by atoms with E-state index in [0.29, 0.717) is 12.0 Å². The van der Waals surface area contributed by atoms with E-state index < -0.39 is 5.60 Å². The second kappa shape index (κ2) is 3.75. The van der Waals surface area contributed by atoms with Gasteiger partial charge in [0.05, 0.1) is 5.60 Å². The second-order valence-corrected chi connectivity index (χ2v) is 4.32. The maximum Gasteiger partial charge on any atom is 0.0645 e. The Morgan fingerprint density at radius 2 is 1.83 bits per heavy atom. The van der Waals surface area contributed by atoms with Gasteiger partial charge in [-0.1, -0.05) is 6.92 Å². The zero-order valence-electron chi connectivity index (χ0n) is 8.21. The minimum atomic E-state index is -0.458. The van der Waals surface area contributed by atoms with E-state index in [-0.39, 0.29) is 0 Å². The van der Waals surface area contributed by atoms with Gasteiger partial charge in [0.15, 0.2) is 0 Å². The highest BCUT2D eigenvalue weighted by Gasteiger charge is 2.32. The van der Waals surface area contributed by atoms with Crippen LogP contribution in [0.1, 0.15) is 46.0 Å². The van der Waals surface area contributed by atoms with E-state index in [0.717, 1.165) is 32.1 Å². The fourth-order valence-corrected chi connectivity index (χ4v) is 2.03. The van der Waals surface area contributed by atoms with Crippen LogP contribution in [0.3, 0.4) is 0 Å². The van der Waals surface area contributed by atoms with Crippen molar-refractivity contribution in [2.45, 2.75) is 57.6 Å². The SMILES string of the molecule is CCC(C)(O)C1CCC(N)CC1. The monoisotopic (exact) mass is 171 g/mol. The van der Waals surface area contributed by atoms with E-state index in [1.54, 1.807) is 0 Å². The molecule has 1 aliphatic carbocycles. The Balaban J connectivity index is 2.44. The normalized spacial score (nSPS) is 36.0. The molecule has 0 amide bonds. The van der Waals surface area contributed by atoms with Crippen LogP contribution in [-0.4, -0.2) is 16.7 Å². The molecule has 1 atom stereocenters. The van der Waals surface area contributed by atoms with E-state index in [9.17, 15) is 5.11 Å². The summed E-state index contributed by atoms with van der Waals surface area (Å²) in [6.07, 6.45) is 5.22. The Labute approximate surface area is 75.2 Å². The number of hydrogen-bond acceptors (Lipinski definition) is 2. The molecule has 1 fully saturated rings. The average molecular weight is 171 g/mol. The third-order valence-electron chi connectivity index (χ3n) is 3.37. The summed E-state index contributed by atoms with van der Waals surface area (Å²) in [5.41, 5.74) is 5.34. The van der Waals surface area contributed by atoms with Gasteiger partial charge in [-0.15, -0.1) is 0 Å². The summed E-state index contributed by atoms with van der Waals surface area (Å²) in [7, 11) is 0. The topological polar surface area (TPSA) is 46.2 Å². The number of nitrogens with two attached hydrogens (primary N) is 1. The lowest BCUT2D eigenvalue weighted by atomic mass is 9.75. The van der Waals surface area contributed by atoms with Crippen molar-refractivity contribution in [1.29, 1.82) is 0 Å². The van der Waals surface area contributed by atoms with Crippen molar-refractivity contribution in [3.05, 3.63) is 0 Å².